The summed E-state index contributed by atoms with van der Waals surface area (Å²) in [6, 6.07) is 0. The van der Waals surface area contributed by atoms with Crippen LogP contribution in [0.1, 0.15) is 20.3 Å². The Labute approximate surface area is 86.7 Å². The predicted molar refractivity (Wildman–Crippen MR) is 61.0 cm³/mol. The molecule has 0 saturated heterocycles. The smallest absolute Gasteiger partial charge is 0.272 e. The van der Waals surface area contributed by atoms with Gasteiger partial charge in [0.2, 0.25) is 0 Å². The molecule has 0 spiro atoms. The van der Waals surface area contributed by atoms with Crippen LogP contribution in [0.15, 0.2) is 21.7 Å². The fourth-order valence-electron chi connectivity index (χ4n) is 1.15. The Bertz CT molecular complexity index is 576. The van der Waals surface area contributed by atoms with E-state index in [0.717, 1.165) is 0 Å². The second-order valence-electron chi connectivity index (χ2n) is 3.04. The molecule has 0 atom stereocenters. The van der Waals surface area contributed by atoms with Crippen molar-refractivity contribution in [3.05, 3.63) is 43.6 Å². The highest BCUT2D eigenvalue weighted by atomic mass is 16.1. The number of H-pyrrole nitrogens is 2. The van der Waals surface area contributed by atoms with Crippen LogP contribution in [0.2, 0.25) is 0 Å². The van der Waals surface area contributed by atoms with Gasteiger partial charge in [0, 0.05) is 0 Å². The lowest BCUT2D eigenvalue weighted by Crippen LogP contribution is -2.46. The first-order chi connectivity index (χ1) is 7.19. The lowest BCUT2D eigenvalue weighted by atomic mass is 10.4. The summed E-state index contributed by atoms with van der Waals surface area (Å²) < 4.78 is 0. The molecule has 1 heterocycles. The van der Waals surface area contributed by atoms with E-state index in [1.54, 1.807) is 24.3 Å². The Balaban J connectivity index is 3.53. The average Bonchev–Trinajstić information content (AvgIpc) is 2.21. The molecule has 80 valence electrons. The molecular formula is C11H14N2O2. The van der Waals surface area contributed by atoms with Crippen LogP contribution in [-0.2, 0) is 0 Å². The molecule has 4 nitrogen and oxygen atoms in total. The van der Waals surface area contributed by atoms with E-state index in [4.69, 9.17) is 0 Å². The van der Waals surface area contributed by atoms with Crippen molar-refractivity contribution < 1.29 is 0 Å². The second-order valence-corrected chi connectivity index (χ2v) is 3.04. The van der Waals surface area contributed by atoms with Crippen molar-refractivity contribution in [1.82, 2.24) is 9.97 Å². The van der Waals surface area contributed by atoms with E-state index >= 15 is 0 Å². The lowest BCUT2D eigenvalue weighted by Gasteiger charge is -1.88. The summed E-state index contributed by atoms with van der Waals surface area (Å²) >= 11 is 0. The van der Waals surface area contributed by atoms with Crippen LogP contribution >= 0.6 is 0 Å². The van der Waals surface area contributed by atoms with Gasteiger partial charge in [-0.3, -0.25) is 9.59 Å². The Hall–Kier alpha value is -1.84. The Morgan fingerprint density at radius 2 is 1.73 bits per heavy atom. The quantitative estimate of drug-likeness (QED) is 0.692. The lowest BCUT2D eigenvalue weighted by molar-refractivity contribution is 0.996. The highest BCUT2D eigenvalue weighted by Crippen LogP contribution is 1.70. The highest BCUT2D eigenvalue weighted by Gasteiger charge is 1.92. The Morgan fingerprint density at radius 3 is 2.33 bits per heavy atom. The van der Waals surface area contributed by atoms with Gasteiger partial charge in [0.1, 0.15) is 10.7 Å². The zero-order valence-electron chi connectivity index (χ0n) is 8.83. The fraction of sp³-hybridized carbons (Fsp3) is 0.273. The van der Waals surface area contributed by atoms with E-state index in [-0.39, 0.29) is 16.5 Å². The summed E-state index contributed by atoms with van der Waals surface area (Å²) in [6.45, 7) is 3.74. The highest BCUT2D eigenvalue weighted by molar-refractivity contribution is 5.32. The van der Waals surface area contributed by atoms with E-state index in [9.17, 15) is 9.59 Å². The van der Waals surface area contributed by atoms with Crippen LogP contribution in [0.5, 0.6) is 0 Å². The van der Waals surface area contributed by atoms with Crippen LogP contribution in [0, 0.1) is 0 Å². The molecule has 1 rings (SSSR count). The number of hydrogen-bond acceptors (Lipinski definition) is 2. The van der Waals surface area contributed by atoms with E-state index in [1.807, 2.05) is 13.8 Å². The molecule has 1 aromatic rings. The summed E-state index contributed by atoms with van der Waals surface area (Å²) in [6.07, 6.45) is 7.43. The summed E-state index contributed by atoms with van der Waals surface area (Å²) in [7, 11) is 0. The molecule has 0 radical (unpaired) electrons. The molecule has 0 fully saturated rings. The maximum atomic E-state index is 11.5. The van der Waals surface area contributed by atoms with Gasteiger partial charge in [-0.05, 0) is 19.4 Å². The number of aromatic nitrogens is 2. The van der Waals surface area contributed by atoms with Gasteiger partial charge in [-0.1, -0.05) is 25.2 Å². The molecule has 15 heavy (non-hydrogen) atoms. The van der Waals surface area contributed by atoms with Crippen LogP contribution in [-0.4, -0.2) is 9.97 Å². The molecule has 0 saturated carbocycles. The van der Waals surface area contributed by atoms with Crippen molar-refractivity contribution in [2.45, 2.75) is 20.3 Å². The predicted octanol–water partition coefficient (Wildman–Crippen LogP) is -0.390. The first-order valence-electron chi connectivity index (χ1n) is 4.84. The molecule has 0 unspecified atom stereocenters. The molecule has 2 N–H and O–H groups in total. The zero-order chi connectivity index (χ0) is 11.3. The molecule has 0 bridgehead atoms. The van der Waals surface area contributed by atoms with Gasteiger partial charge >= 0.3 is 0 Å². The van der Waals surface area contributed by atoms with Crippen molar-refractivity contribution in [2.75, 3.05) is 0 Å². The Morgan fingerprint density at radius 1 is 1.13 bits per heavy atom. The molecule has 0 aromatic carbocycles. The van der Waals surface area contributed by atoms with Crippen molar-refractivity contribution in [3.8, 4) is 0 Å². The standard InChI is InChI=1S/C11H14N2O2/c1-3-5-7-9-11(15)12-8(6-4-2)10(14)13-9/h3,5-7H,4H2,1-2H3,(H,12,15)(H,13,14)/b5-3+,8-6+,9-7+. The minimum absolute atomic E-state index is 0.270. The van der Waals surface area contributed by atoms with Crippen molar-refractivity contribution >= 4 is 12.2 Å². The number of rotatable bonds is 2. The van der Waals surface area contributed by atoms with Crippen molar-refractivity contribution in [1.29, 1.82) is 0 Å². The van der Waals surface area contributed by atoms with Crippen molar-refractivity contribution in [3.63, 3.8) is 0 Å². The number of nitrogens with one attached hydrogen (secondary N) is 2. The number of allylic oxidation sites excluding steroid dienone is 2. The number of hydrogen-bond donors (Lipinski definition) is 2. The molecular weight excluding hydrogens is 192 g/mol. The molecule has 4 heteroatoms. The monoisotopic (exact) mass is 206 g/mol. The van der Waals surface area contributed by atoms with Gasteiger partial charge in [0.25, 0.3) is 11.1 Å². The second kappa shape index (κ2) is 5.14. The minimum Gasteiger partial charge on any atom is -0.316 e. The maximum Gasteiger partial charge on any atom is 0.272 e. The summed E-state index contributed by atoms with van der Waals surface area (Å²) in [5.41, 5.74) is -0.556. The van der Waals surface area contributed by atoms with Gasteiger partial charge in [0.05, 0.1) is 0 Å². The Kier molecular flexibility index (Phi) is 3.85. The third-order valence-electron chi connectivity index (χ3n) is 1.85. The molecule has 0 aliphatic rings. The van der Waals surface area contributed by atoms with Crippen LogP contribution < -0.4 is 21.8 Å². The first kappa shape index (κ1) is 11.2. The average molecular weight is 206 g/mol. The van der Waals surface area contributed by atoms with Gasteiger partial charge in [-0.25, -0.2) is 0 Å². The zero-order valence-corrected chi connectivity index (χ0v) is 8.83. The molecule has 0 aliphatic heterocycles. The van der Waals surface area contributed by atoms with Crippen LogP contribution in [0.25, 0.3) is 12.2 Å². The van der Waals surface area contributed by atoms with Crippen molar-refractivity contribution in [2.24, 2.45) is 0 Å². The van der Waals surface area contributed by atoms with E-state index in [0.29, 0.717) is 11.8 Å². The molecule has 0 aliphatic carbocycles. The van der Waals surface area contributed by atoms with Gasteiger partial charge in [-0.15, -0.1) is 0 Å². The SMILES string of the molecule is C/C=C/C=c1/[nH]c(=O)/c(=C\CC)[nH]c1=O. The minimum atomic E-state index is -0.285. The maximum absolute atomic E-state index is 11.5. The summed E-state index contributed by atoms with van der Waals surface area (Å²) in [5.74, 6) is 0. The third-order valence-corrected chi connectivity index (χ3v) is 1.85. The van der Waals surface area contributed by atoms with E-state index in [2.05, 4.69) is 9.97 Å². The fourth-order valence-corrected chi connectivity index (χ4v) is 1.15. The van der Waals surface area contributed by atoms with Crippen LogP contribution in [0.3, 0.4) is 0 Å². The normalized spacial score (nSPS) is 14.0. The summed E-state index contributed by atoms with van der Waals surface area (Å²) in [4.78, 5) is 28.0. The van der Waals surface area contributed by atoms with Gasteiger partial charge in [0.15, 0.2) is 0 Å². The van der Waals surface area contributed by atoms with Gasteiger partial charge in [-0.2, -0.15) is 0 Å². The third kappa shape index (κ3) is 2.80. The largest absolute Gasteiger partial charge is 0.316 e. The topological polar surface area (TPSA) is 65.7 Å². The van der Waals surface area contributed by atoms with Gasteiger partial charge < -0.3 is 9.97 Å². The molecule has 0 amide bonds. The first-order valence-corrected chi connectivity index (χ1v) is 4.84. The van der Waals surface area contributed by atoms with E-state index in [1.165, 1.54) is 0 Å². The van der Waals surface area contributed by atoms with Crippen LogP contribution in [0.4, 0.5) is 0 Å². The molecule has 1 aromatic heterocycles. The van der Waals surface area contributed by atoms with E-state index < -0.39 is 0 Å². The number of aromatic amines is 2. The summed E-state index contributed by atoms with van der Waals surface area (Å²) in [5, 5.41) is 0.589.